The number of sulfonamides is 1. The first kappa shape index (κ1) is 25.9. The van der Waals surface area contributed by atoms with E-state index >= 15 is 0 Å². The van der Waals surface area contributed by atoms with E-state index in [9.17, 15) is 18.0 Å². The molecule has 0 radical (unpaired) electrons. The maximum Gasteiger partial charge on any atom is 0.260 e. The minimum atomic E-state index is -3.66. The summed E-state index contributed by atoms with van der Waals surface area (Å²) in [6, 6.07) is 12.0. The van der Waals surface area contributed by atoms with Gasteiger partial charge in [-0.3, -0.25) is 13.9 Å². The molecule has 0 unspecified atom stereocenters. The van der Waals surface area contributed by atoms with E-state index in [4.69, 9.17) is 4.74 Å². The Balaban J connectivity index is 1.93. The van der Waals surface area contributed by atoms with E-state index in [1.807, 2.05) is 33.8 Å². The third-order valence-electron chi connectivity index (χ3n) is 4.57. The van der Waals surface area contributed by atoms with Gasteiger partial charge in [0.25, 0.3) is 11.8 Å². The van der Waals surface area contributed by atoms with E-state index in [1.165, 1.54) is 6.21 Å². The maximum atomic E-state index is 12.3. The molecule has 0 saturated heterocycles. The van der Waals surface area contributed by atoms with Crippen LogP contribution in [0.5, 0.6) is 5.75 Å². The molecule has 178 valence electrons. The van der Waals surface area contributed by atoms with Gasteiger partial charge in [-0.05, 0) is 80.8 Å². The molecule has 0 aliphatic heterocycles. The highest BCUT2D eigenvalue weighted by molar-refractivity contribution is 7.92. The summed E-state index contributed by atoms with van der Waals surface area (Å²) < 4.78 is 30.9. The molecule has 2 aromatic carbocycles. The van der Waals surface area contributed by atoms with Crippen molar-refractivity contribution >= 4 is 33.7 Å². The van der Waals surface area contributed by atoms with Crippen LogP contribution in [0.1, 0.15) is 30.5 Å². The lowest BCUT2D eigenvalue weighted by atomic mass is 10.1. The van der Waals surface area contributed by atoms with E-state index < -0.39 is 22.5 Å². The fourth-order valence-electron chi connectivity index (χ4n) is 2.79. The van der Waals surface area contributed by atoms with Crippen LogP contribution in [0.4, 0.5) is 5.69 Å². The monoisotopic (exact) mass is 474 g/mol. The number of rotatable bonds is 10. The van der Waals surface area contributed by atoms with Crippen LogP contribution in [-0.4, -0.2) is 51.9 Å². The Morgan fingerprint density at radius 1 is 1.06 bits per heavy atom. The first-order valence-electron chi connectivity index (χ1n) is 10.3. The van der Waals surface area contributed by atoms with Crippen LogP contribution in [0.15, 0.2) is 47.6 Å². The highest BCUT2D eigenvalue weighted by atomic mass is 32.2. The summed E-state index contributed by atoms with van der Waals surface area (Å²) in [5.41, 5.74) is 5.39. The first-order chi connectivity index (χ1) is 15.5. The summed E-state index contributed by atoms with van der Waals surface area (Å²) in [5, 5.41) is 6.62. The Hall–Kier alpha value is -3.40. The molecule has 0 aliphatic carbocycles. The fraction of sp³-hybridized carbons (Fsp3) is 0.348. The molecule has 33 heavy (non-hydrogen) atoms. The number of carbonyl (C=O) groups is 2. The van der Waals surface area contributed by atoms with Crippen LogP contribution >= 0.6 is 0 Å². The molecular weight excluding hydrogens is 444 g/mol. The molecule has 2 aromatic rings. The summed E-state index contributed by atoms with van der Waals surface area (Å²) in [7, 11) is -3.66. The zero-order chi connectivity index (χ0) is 24.6. The van der Waals surface area contributed by atoms with Gasteiger partial charge in [0, 0.05) is 6.04 Å². The summed E-state index contributed by atoms with van der Waals surface area (Å²) in [6.07, 6.45) is 2.47. The molecule has 0 saturated carbocycles. The molecule has 0 fully saturated rings. The van der Waals surface area contributed by atoms with E-state index in [0.717, 1.165) is 21.7 Å². The van der Waals surface area contributed by atoms with Gasteiger partial charge in [-0.1, -0.05) is 6.07 Å². The largest absolute Gasteiger partial charge is 0.484 e. The van der Waals surface area contributed by atoms with Gasteiger partial charge in [-0.25, -0.2) is 13.8 Å². The summed E-state index contributed by atoms with van der Waals surface area (Å²) in [5.74, 6) is -0.263. The Kier molecular flexibility index (Phi) is 8.98. The average molecular weight is 475 g/mol. The van der Waals surface area contributed by atoms with Crippen molar-refractivity contribution in [1.82, 2.24) is 10.7 Å². The minimum Gasteiger partial charge on any atom is -0.484 e. The minimum absolute atomic E-state index is 0.0421. The number of nitrogens with one attached hydrogen (secondary N) is 2. The zero-order valence-electron chi connectivity index (χ0n) is 19.5. The number of amides is 2. The predicted molar refractivity (Wildman–Crippen MR) is 129 cm³/mol. The zero-order valence-corrected chi connectivity index (χ0v) is 20.3. The van der Waals surface area contributed by atoms with Crippen molar-refractivity contribution < 1.29 is 22.7 Å². The molecule has 0 aromatic heterocycles. The molecule has 2 N–H and O–H groups in total. The second-order valence-electron chi connectivity index (χ2n) is 7.91. The fourth-order valence-corrected chi connectivity index (χ4v) is 3.64. The third kappa shape index (κ3) is 8.57. The van der Waals surface area contributed by atoms with Crippen LogP contribution in [0, 0.1) is 13.8 Å². The number of benzene rings is 2. The molecule has 10 heteroatoms. The van der Waals surface area contributed by atoms with Crippen molar-refractivity contribution in [2.75, 3.05) is 23.7 Å². The van der Waals surface area contributed by atoms with Gasteiger partial charge < -0.3 is 10.1 Å². The molecule has 2 rings (SSSR count). The quantitative estimate of drug-likeness (QED) is 0.404. The number of nitrogens with zero attached hydrogens (tertiary/aromatic N) is 2. The topological polar surface area (TPSA) is 117 Å². The number of anilines is 1. The number of hydrogen-bond donors (Lipinski definition) is 2. The second kappa shape index (κ2) is 11.5. The highest BCUT2D eigenvalue weighted by Crippen LogP contribution is 2.21. The van der Waals surface area contributed by atoms with E-state index in [-0.39, 0.29) is 18.6 Å². The molecule has 0 atom stereocenters. The smallest absolute Gasteiger partial charge is 0.260 e. The van der Waals surface area contributed by atoms with Crippen molar-refractivity contribution in [3.63, 3.8) is 0 Å². The van der Waals surface area contributed by atoms with E-state index in [2.05, 4.69) is 15.8 Å². The lowest BCUT2D eigenvalue weighted by Crippen LogP contribution is -2.39. The third-order valence-corrected chi connectivity index (χ3v) is 5.71. The van der Waals surface area contributed by atoms with Gasteiger partial charge in [0.2, 0.25) is 10.0 Å². The molecule has 0 bridgehead atoms. The van der Waals surface area contributed by atoms with Crippen molar-refractivity contribution in [1.29, 1.82) is 0 Å². The Labute approximate surface area is 194 Å². The lowest BCUT2D eigenvalue weighted by Gasteiger charge is -2.22. The Morgan fingerprint density at radius 3 is 2.30 bits per heavy atom. The first-order valence-corrected chi connectivity index (χ1v) is 12.2. The summed E-state index contributed by atoms with van der Waals surface area (Å²) in [4.78, 5) is 23.9. The summed E-state index contributed by atoms with van der Waals surface area (Å²) in [6.45, 7) is 7.05. The highest BCUT2D eigenvalue weighted by Gasteiger charge is 2.21. The molecule has 2 amide bonds. The van der Waals surface area contributed by atoms with Crippen molar-refractivity contribution in [3.05, 3.63) is 59.2 Å². The number of hydrazone groups is 1. The average Bonchev–Trinajstić information content (AvgIpc) is 2.72. The lowest BCUT2D eigenvalue weighted by molar-refractivity contribution is -0.123. The van der Waals surface area contributed by atoms with Gasteiger partial charge in [0.15, 0.2) is 6.61 Å². The van der Waals surface area contributed by atoms with Crippen LogP contribution in [0.2, 0.25) is 0 Å². The standard InChI is InChI=1S/C23H30N4O5S/c1-16(2)25-23(29)15-32-21-10-7-19(8-11-21)13-24-26-22(28)14-27(33(5,30)31)20-9-6-17(3)18(4)12-20/h6-13,16H,14-15H2,1-5H3,(H,25,29)(H,26,28)/b24-13-. The van der Waals surface area contributed by atoms with Gasteiger partial charge in [-0.15, -0.1) is 0 Å². The maximum absolute atomic E-state index is 12.3. The SMILES string of the molecule is Cc1ccc(N(CC(=O)N/N=C\c2ccc(OCC(=O)NC(C)C)cc2)S(C)(=O)=O)cc1C. The number of ether oxygens (including phenoxy) is 1. The van der Waals surface area contributed by atoms with Crippen molar-refractivity contribution in [2.45, 2.75) is 33.7 Å². The van der Waals surface area contributed by atoms with Crippen LogP contribution in [-0.2, 0) is 19.6 Å². The number of hydrogen-bond acceptors (Lipinski definition) is 6. The summed E-state index contributed by atoms with van der Waals surface area (Å²) >= 11 is 0. The second-order valence-corrected chi connectivity index (χ2v) is 9.82. The molecule has 0 heterocycles. The Morgan fingerprint density at radius 2 is 1.73 bits per heavy atom. The molecule has 0 spiro atoms. The van der Waals surface area contributed by atoms with Gasteiger partial charge in [0.1, 0.15) is 12.3 Å². The van der Waals surface area contributed by atoms with E-state index in [0.29, 0.717) is 17.0 Å². The molecule has 0 aliphatic rings. The number of carbonyl (C=O) groups excluding carboxylic acids is 2. The predicted octanol–water partition coefficient (Wildman–Crippen LogP) is 2.12. The van der Waals surface area contributed by atoms with Gasteiger partial charge >= 0.3 is 0 Å². The van der Waals surface area contributed by atoms with Crippen LogP contribution in [0.3, 0.4) is 0 Å². The Bertz CT molecular complexity index is 1110. The number of aryl methyl sites for hydroxylation is 2. The van der Waals surface area contributed by atoms with Gasteiger partial charge in [-0.2, -0.15) is 5.10 Å². The normalized spacial score (nSPS) is 11.5. The van der Waals surface area contributed by atoms with Gasteiger partial charge in [0.05, 0.1) is 18.2 Å². The molecule has 9 nitrogen and oxygen atoms in total. The van der Waals surface area contributed by atoms with E-state index in [1.54, 1.807) is 36.4 Å². The van der Waals surface area contributed by atoms with Crippen molar-refractivity contribution in [2.24, 2.45) is 5.10 Å². The van der Waals surface area contributed by atoms with Crippen LogP contribution in [0.25, 0.3) is 0 Å². The van der Waals surface area contributed by atoms with Crippen LogP contribution < -0.4 is 19.8 Å². The molecular formula is C23H30N4O5S. The van der Waals surface area contributed by atoms with Crippen molar-refractivity contribution in [3.8, 4) is 5.75 Å².